The van der Waals surface area contributed by atoms with Crippen molar-refractivity contribution in [1.82, 2.24) is 15.7 Å². The number of rotatable bonds is 23. The van der Waals surface area contributed by atoms with E-state index < -0.39 is 42.3 Å². The van der Waals surface area contributed by atoms with Gasteiger partial charge >= 0.3 is 11.9 Å². The van der Waals surface area contributed by atoms with E-state index in [1.807, 2.05) is 37.3 Å². The quantitative estimate of drug-likeness (QED) is 0.0259. The van der Waals surface area contributed by atoms with Crippen molar-refractivity contribution in [2.45, 2.75) is 58.6 Å². The van der Waals surface area contributed by atoms with E-state index >= 15 is 0 Å². The molecule has 3 aromatic carbocycles. The second kappa shape index (κ2) is 22.0. The third-order valence-corrected chi connectivity index (χ3v) is 9.10. The van der Waals surface area contributed by atoms with Crippen molar-refractivity contribution in [3.63, 3.8) is 0 Å². The zero-order valence-electron chi connectivity index (χ0n) is 32.1. The Morgan fingerprint density at radius 2 is 1.67 bits per heavy atom. The van der Waals surface area contributed by atoms with Crippen molar-refractivity contribution < 1.29 is 47.5 Å². The van der Waals surface area contributed by atoms with Gasteiger partial charge in [-0.3, -0.25) is 19.2 Å². The molecule has 0 aliphatic carbocycles. The van der Waals surface area contributed by atoms with Gasteiger partial charge in [0.15, 0.2) is 18.7 Å². The van der Waals surface area contributed by atoms with Gasteiger partial charge in [0.1, 0.15) is 18.1 Å². The predicted octanol–water partition coefficient (Wildman–Crippen LogP) is 7.18. The Labute approximate surface area is 331 Å². The molecule has 57 heavy (non-hydrogen) atoms. The third kappa shape index (κ3) is 11.9. The largest absolute Gasteiger partial charge is 0.481 e. The summed E-state index contributed by atoms with van der Waals surface area (Å²) in [4.78, 5) is 81.8. The molecule has 0 aliphatic heterocycles. The van der Waals surface area contributed by atoms with Crippen molar-refractivity contribution in [3.8, 4) is 17.1 Å². The number of hydroxylamine groups is 2. The van der Waals surface area contributed by atoms with Gasteiger partial charge in [-0.15, -0.1) is 0 Å². The molecule has 0 saturated carbocycles. The maximum atomic E-state index is 13.6. The minimum atomic E-state index is -0.805. The summed E-state index contributed by atoms with van der Waals surface area (Å²) >= 11 is 0. The molecule has 3 amide bonds. The fraction of sp³-hybridized carbons (Fsp3) is 0.273. The number of carbonyl (C=O) groups excluding carboxylic acids is 6. The molecule has 4 rings (SSSR count). The molecule has 0 aliphatic rings. The highest BCUT2D eigenvalue weighted by molar-refractivity contribution is 5.95. The first kappa shape index (κ1) is 43.0. The van der Waals surface area contributed by atoms with E-state index in [0.717, 1.165) is 23.5 Å². The predicted molar refractivity (Wildman–Crippen MR) is 213 cm³/mol. The summed E-state index contributed by atoms with van der Waals surface area (Å²) in [5, 5.41) is 6.20. The maximum absolute atomic E-state index is 13.6. The average Bonchev–Trinajstić information content (AvgIpc) is 3.74. The van der Waals surface area contributed by atoms with Crippen LogP contribution < -0.4 is 15.4 Å². The molecule has 1 aromatic heterocycles. The summed E-state index contributed by atoms with van der Waals surface area (Å²) in [6.07, 6.45) is 7.14. The van der Waals surface area contributed by atoms with Gasteiger partial charge in [-0.05, 0) is 59.9 Å². The topological polar surface area (TPSA) is 171 Å². The van der Waals surface area contributed by atoms with Crippen molar-refractivity contribution in [1.29, 1.82) is 0 Å². The van der Waals surface area contributed by atoms with E-state index in [0.29, 0.717) is 42.2 Å². The molecule has 2 N–H and O–H groups in total. The number of hydrogen-bond acceptors (Lipinski definition) is 10. The highest BCUT2D eigenvalue weighted by Gasteiger charge is 2.34. The number of esters is 1. The molecular formula is C44H47N3O10. The van der Waals surface area contributed by atoms with Crippen LogP contribution in [0.5, 0.6) is 5.75 Å². The number of benzene rings is 3. The number of unbranched alkanes of at least 4 members (excludes halogenated alkanes) is 2. The van der Waals surface area contributed by atoms with E-state index in [1.54, 1.807) is 43.3 Å². The van der Waals surface area contributed by atoms with Crippen LogP contribution in [0.15, 0.2) is 96.4 Å². The highest BCUT2D eigenvalue weighted by atomic mass is 16.7. The second-order valence-electron chi connectivity index (χ2n) is 12.8. The third-order valence-electron chi connectivity index (χ3n) is 9.10. The second-order valence-corrected chi connectivity index (χ2v) is 12.8. The molecule has 0 saturated heterocycles. The lowest BCUT2D eigenvalue weighted by Gasteiger charge is -2.32. The normalized spacial score (nSPS) is 11.6. The van der Waals surface area contributed by atoms with Gasteiger partial charge in [0.2, 0.25) is 12.3 Å². The number of amides is 3. The molecule has 298 valence electrons. The number of ether oxygens (including phenoxy) is 2. The first-order valence-electron chi connectivity index (χ1n) is 18.6. The van der Waals surface area contributed by atoms with Gasteiger partial charge in [0.05, 0.1) is 29.8 Å². The van der Waals surface area contributed by atoms with Crippen molar-refractivity contribution in [3.05, 3.63) is 126 Å². The fourth-order valence-electron chi connectivity index (χ4n) is 6.10. The number of nitrogens with one attached hydrogen (secondary N) is 2. The molecule has 0 bridgehead atoms. The minimum absolute atomic E-state index is 0.0601. The van der Waals surface area contributed by atoms with E-state index in [2.05, 4.69) is 23.8 Å². The number of furan rings is 1. The minimum Gasteiger partial charge on any atom is -0.481 e. The van der Waals surface area contributed by atoms with Gasteiger partial charge in [-0.2, -0.15) is 5.06 Å². The Bertz CT molecular complexity index is 2040. The average molecular weight is 778 g/mol. The Morgan fingerprint density at radius 3 is 2.35 bits per heavy atom. The molecule has 0 fully saturated rings. The van der Waals surface area contributed by atoms with E-state index in [-0.39, 0.29) is 48.1 Å². The first-order chi connectivity index (χ1) is 27.7. The zero-order valence-corrected chi connectivity index (χ0v) is 32.1. The van der Waals surface area contributed by atoms with Crippen LogP contribution in [0.2, 0.25) is 0 Å². The standard InChI is InChI=1S/C44H47N3O10/c1-5-9-11-18-36(37(8-4)47(29-49)57-44(53)35-19-14-17-31(6-2)34(35)7-3)42(51)45-28-46-43(52)39-23-22-38(56-39)32-20-21-33(25-48)40(24-32)54-27-41(50)55-26-30-15-12-10-13-16-30/h6-7,10,12-17,19-25,29,36-37H,2-3,5,8-9,11,18,26-28H2,1,4H3,(H,45,51)(H,46,52). The van der Waals surface area contributed by atoms with Gasteiger partial charge in [-0.25, -0.2) is 9.59 Å². The van der Waals surface area contributed by atoms with Crippen molar-refractivity contribution >= 4 is 48.6 Å². The highest BCUT2D eigenvalue weighted by Crippen LogP contribution is 2.29. The van der Waals surface area contributed by atoms with Crippen LogP contribution in [0.25, 0.3) is 23.5 Å². The lowest BCUT2D eigenvalue weighted by molar-refractivity contribution is -0.171. The molecule has 0 radical (unpaired) electrons. The Morgan fingerprint density at radius 1 is 0.877 bits per heavy atom. The summed E-state index contributed by atoms with van der Waals surface area (Å²) in [5.74, 6) is -2.93. The molecule has 4 aromatic rings. The molecular weight excluding hydrogens is 730 g/mol. The summed E-state index contributed by atoms with van der Waals surface area (Å²) in [7, 11) is 0. The fourth-order valence-corrected chi connectivity index (χ4v) is 6.10. The van der Waals surface area contributed by atoms with Crippen LogP contribution >= 0.6 is 0 Å². The number of nitrogens with zero attached hydrogens (tertiary/aromatic N) is 1. The van der Waals surface area contributed by atoms with Gasteiger partial charge in [0.25, 0.3) is 5.91 Å². The van der Waals surface area contributed by atoms with Gasteiger partial charge in [0, 0.05) is 5.56 Å². The molecule has 0 spiro atoms. The van der Waals surface area contributed by atoms with Crippen molar-refractivity contribution in [2.75, 3.05) is 13.3 Å². The Hall–Kier alpha value is -6.76. The van der Waals surface area contributed by atoms with E-state index in [9.17, 15) is 28.8 Å². The van der Waals surface area contributed by atoms with Gasteiger partial charge < -0.3 is 29.4 Å². The molecule has 1 heterocycles. The van der Waals surface area contributed by atoms with Crippen LogP contribution in [-0.2, 0) is 30.6 Å². The number of aldehydes is 1. The maximum Gasteiger partial charge on any atom is 0.363 e. The number of carbonyl (C=O) groups is 6. The summed E-state index contributed by atoms with van der Waals surface area (Å²) < 4.78 is 16.6. The summed E-state index contributed by atoms with van der Waals surface area (Å²) in [6, 6.07) is 20.9. The van der Waals surface area contributed by atoms with Gasteiger partial charge in [-0.1, -0.05) is 107 Å². The molecule has 2 unspecified atom stereocenters. The van der Waals surface area contributed by atoms with Crippen LogP contribution in [-0.4, -0.2) is 60.8 Å². The SMILES string of the molecule is C=Cc1cccc(C(=O)ON(C=O)C(CC)C(CCCCC)C(=O)NCNC(=O)c2ccc(-c3ccc(C=O)c(OCC(=O)OCc4ccccc4)c3)o2)c1C=C. The Balaban J connectivity index is 1.38. The lowest BCUT2D eigenvalue weighted by Crippen LogP contribution is -2.49. The van der Waals surface area contributed by atoms with Crippen LogP contribution in [0.3, 0.4) is 0 Å². The van der Waals surface area contributed by atoms with Crippen molar-refractivity contribution in [2.24, 2.45) is 5.92 Å². The monoisotopic (exact) mass is 777 g/mol. The van der Waals surface area contributed by atoms with E-state index in [4.69, 9.17) is 18.7 Å². The first-order valence-corrected chi connectivity index (χ1v) is 18.6. The molecule has 2 atom stereocenters. The Kier molecular flexibility index (Phi) is 16.6. The van der Waals surface area contributed by atoms with Crippen LogP contribution in [0, 0.1) is 5.92 Å². The van der Waals surface area contributed by atoms with E-state index in [1.165, 1.54) is 24.3 Å². The summed E-state index contributed by atoms with van der Waals surface area (Å²) in [5.41, 5.74) is 2.82. The molecule has 13 nitrogen and oxygen atoms in total. The lowest BCUT2D eigenvalue weighted by atomic mass is 9.90. The smallest absolute Gasteiger partial charge is 0.363 e. The summed E-state index contributed by atoms with van der Waals surface area (Å²) in [6.45, 7) is 10.7. The molecule has 13 heteroatoms. The number of hydrogen-bond donors (Lipinski definition) is 2. The zero-order chi connectivity index (χ0) is 41.2. The van der Waals surface area contributed by atoms with Crippen LogP contribution in [0.1, 0.15) is 93.9 Å². The van der Waals surface area contributed by atoms with Crippen LogP contribution in [0.4, 0.5) is 0 Å².